The zero-order valence-electron chi connectivity index (χ0n) is 11.5. The van der Waals surface area contributed by atoms with Crippen LogP contribution in [0.25, 0.3) is 0 Å². The Bertz CT molecular complexity index is 375. The molecule has 0 radical (unpaired) electrons. The minimum atomic E-state index is -0.0234. The van der Waals surface area contributed by atoms with Gasteiger partial charge in [0, 0.05) is 18.8 Å². The van der Waals surface area contributed by atoms with Crippen LogP contribution < -0.4 is 10.6 Å². The number of carbonyl (C=O) groups is 1. The van der Waals surface area contributed by atoms with Gasteiger partial charge in [0.05, 0.1) is 17.4 Å². The highest BCUT2D eigenvalue weighted by Gasteiger charge is 2.13. The van der Waals surface area contributed by atoms with Crippen molar-refractivity contribution in [2.45, 2.75) is 46.1 Å². The number of hydrogen-bond acceptors (Lipinski definition) is 3. The quantitative estimate of drug-likeness (QED) is 0.781. The molecule has 1 rings (SSSR count). The van der Waals surface area contributed by atoms with Gasteiger partial charge < -0.3 is 10.6 Å². The first-order chi connectivity index (χ1) is 8.72. The first kappa shape index (κ1) is 14.5. The fraction of sp³-hybridized carbons (Fsp3) is 0.571. The normalized spacial score (nSPS) is 10.4. The molecule has 0 atom stereocenters. The lowest BCUT2D eigenvalue weighted by molar-refractivity contribution is 0.0935. The van der Waals surface area contributed by atoms with Gasteiger partial charge in [-0.2, -0.15) is 0 Å². The van der Waals surface area contributed by atoms with E-state index in [1.807, 2.05) is 0 Å². The van der Waals surface area contributed by atoms with Gasteiger partial charge >= 0.3 is 0 Å². The Hall–Kier alpha value is -1.58. The van der Waals surface area contributed by atoms with Crippen molar-refractivity contribution in [3.05, 3.63) is 24.0 Å². The maximum Gasteiger partial charge on any atom is 0.253 e. The molecule has 0 aliphatic rings. The lowest BCUT2D eigenvalue weighted by Crippen LogP contribution is -2.34. The van der Waals surface area contributed by atoms with E-state index in [1.165, 1.54) is 0 Å². The van der Waals surface area contributed by atoms with Gasteiger partial charge in [0.15, 0.2) is 0 Å². The Balaban J connectivity index is 2.77. The van der Waals surface area contributed by atoms with Crippen molar-refractivity contribution in [3.8, 4) is 0 Å². The Morgan fingerprint density at radius 2 is 2.06 bits per heavy atom. The van der Waals surface area contributed by atoms with Crippen LogP contribution >= 0.6 is 0 Å². The molecule has 18 heavy (non-hydrogen) atoms. The zero-order valence-corrected chi connectivity index (χ0v) is 11.5. The molecule has 0 saturated heterocycles. The molecule has 4 heteroatoms. The van der Waals surface area contributed by atoms with Crippen LogP contribution in [0, 0.1) is 0 Å². The zero-order chi connectivity index (χ0) is 13.4. The highest BCUT2D eigenvalue weighted by molar-refractivity contribution is 5.99. The van der Waals surface area contributed by atoms with E-state index in [1.54, 1.807) is 18.5 Å². The van der Waals surface area contributed by atoms with Crippen molar-refractivity contribution in [3.63, 3.8) is 0 Å². The maximum absolute atomic E-state index is 12.2. The molecule has 0 aliphatic heterocycles. The number of pyridine rings is 1. The predicted molar refractivity (Wildman–Crippen MR) is 74.9 cm³/mol. The van der Waals surface area contributed by atoms with E-state index >= 15 is 0 Å². The minimum absolute atomic E-state index is 0.0234. The third-order valence-corrected chi connectivity index (χ3v) is 2.95. The summed E-state index contributed by atoms with van der Waals surface area (Å²) in [6.45, 7) is 7.10. The van der Waals surface area contributed by atoms with Crippen LogP contribution in [0.2, 0.25) is 0 Å². The van der Waals surface area contributed by atoms with Crippen LogP contribution in [0.5, 0.6) is 0 Å². The summed E-state index contributed by atoms with van der Waals surface area (Å²) < 4.78 is 0. The third kappa shape index (κ3) is 4.02. The van der Waals surface area contributed by atoms with Gasteiger partial charge in [-0.1, -0.05) is 20.8 Å². The summed E-state index contributed by atoms with van der Waals surface area (Å²) >= 11 is 0. The number of nitrogens with one attached hydrogen (secondary N) is 2. The molecule has 1 amide bonds. The van der Waals surface area contributed by atoms with Crippen LogP contribution in [0.1, 0.15) is 50.4 Å². The van der Waals surface area contributed by atoms with Gasteiger partial charge in [-0.15, -0.1) is 0 Å². The largest absolute Gasteiger partial charge is 0.383 e. The van der Waals surface area contributed by atoms with E-state index in [0.717, 1.165) is 31.5 Å². The standard InChI is InChI=1S/C14H23N3O/c1-4-8-16-13-10-15-9-7-12(13)14(18)17-11(5-2)6-3/h7,9-11,16H,4-6,8H2,1-3H3,(H,17,18). The second-order valence-corrected chi connectivity index (χ2v) is 4.33. The first-order valence-electron chi connectivity index (χ1n) is 6.71. The van der Waals surface area contributed by atoms with Crippen LogP contribution in [0.15, 0.2) is 18.5 Å². The molecule has 4 nitrogen and oxygen atoms in total. The molecule has 1 aromatic rings. The van der Waals surface area contributed by atoms with E-state index in [4.69, 9.17) is 0 Å². The first-order valence-corrected chi connectivity index (χ1v) is 6.71. The number of hydrogen-bond donors (Lipinski definition) is 2. The van der Waals surface area contributed by atoms with E-state index in [9.17, 15) is 4.79 Å². The molecule has 0 unspecified atom stereocenters. The van der Waals surface area contributed by atoms with E-state index in [0.29, 0.717) is 5.56 Å². The Labute approximate surface area is 109 Å². The number of nitrogens with zero attached hydrogens (tertiary/aromatic N) is 1. The number of carbonyl (C=O) groups excluding carboxylic acids is 1. The molecule has 0 aromatic carbocycles. The van der Waals surface area contributed by atoms with Crippen molar-refractivity contribution in [2.24, 2.45) is 0 Å². The molecule has 1 heterocycles. The van der Waals surface area contributed by atoms with Gasteiger partial charge in [0.2, 0.25) is 0 Å². The molecule has 0 spiro atoms. The van der Waals surface area contributed by atoms with Crippen LogP contribution in [-0.2, 0) is 0 Å². The molecule has 0 saturated carbocycles. The van der Waals surface area contributed by atoms with E-state index < -0.39 is 0 Å². The number of amides is 1. The summed E-state index contributed by atoms with van der Waals surface area (Å²) in [5, 5.41) is 6.27. The van der Waals surface area contributed by atoms with Crippen molar-refractivity contribution < 1.29 is 4.79 Å². The Morgan fingerprint density at radius 1 is 1.33 bits per heavy atom. The van der Waals surface area contributed by atoms with Gasteiger partial charge in [0.1, 0.15) is 0 Å². The molecule has 1 aromatic heterocycles. The summed E-state index contributed by atoms with van der Waals surface area (Å²) in [7, 11) is 0. The van der Waals surface area contributed by atoms with Crippen molar-refractivity contribution in [1.82, 2.24) is 10.3 Å². The molecule has 0 fully saturated rings. The smallest absolute Gasteiger partial charge is 0.253 e. The third-order valence-electron chi connectivity index (χ3n) is 2.95. The number of aromatic nitrogens is 1. The molecule has 0 aliphatic carbocycles. The van der Waals surface area contributed by atoms with Gasteiger partial charge in [0.25, 0.3) is 5.91 Å². The van der Waals surface area contributed by atoms with Crippen LogP contribution in [0.4, 0.5) is 5.69 Å². The van der Waals surface area contributed by atoms with Gasteiger partial charge in [-0.25, -0.2) is 0 Å². The average Bonchev–Trinajstić information content (AvgIpc) is 2.42. The summed E-state index contributed by atoms with van der Waals surface area (Å²) in [5.74, 6) is -0.0234. The number of anilines is 1. The van der Waals surface area contributed by atoms with Crippen LogP contribution in [-0.4, -0.2) is 23.5 Å². The maximum atomic E-state index is 12.2. The fourth-order valence-electron chi connectivity index (χ4n) is 1.75. The van der Waals surface area contributed by atoms with Crippen molar-refractivity contribution >= 4 is 11.6 Å². The molecular weight excluding hydrogens is 226 g/mol. The second-order valence-electron chi connectivity index (χ2n) is 4.33. The summed E-state index contributed by atoms with van der Waals surface area (Å²) in [5.41, 5.74) is 1.48. The van der Waals surface area contributed by atoms with E-state index in [-0.39, 0.29) is 11.9 Å². The monoisotopic (exact) mass is 249 g/mol. The Kier molecular flexibility index (Phi) is 6.19. The topological polar surface area (TPSA) is 54.0 Å². The van der Waals surface area contributed by atoms with E-state index in [2.05, 4.69) is 36.4 Å². The highest BCUT2D eigenvalue weighted by atomic mass is 16.1. The molecular formula is C14H23N3O. The lowest BCUT2D eigenvalue weighted by atomic mass is 10.1. The van der Waals surface area contributed by atoms with Gasteiger partial charge in [-0.05, 0) is 25.3 Å². The van der Waals surface area contributed by atoms with Crippen LogP contribution in [0.3, 0.4) is 0 Å². The Morgan fingerprint density at radius 3 is 2.67 bits per heavy atom. The van der Waals surface area contributed by atoms with Crippen molar-refractivity contribution in [1.29, 1.82) is 0 Å². The summed E-state index contributed by atoms with van der Waals surface area (Å²) in [6, 6.07) is 2.00. The average molecular weight is 249 g/mol. The predicted octanol–water partition coefficient (Wildman–Crippen LogP) is 2.82. The fourth-order valence-corrected chi connectivity index (χ4v) is 1.75. The minimum Gasteiger partial charge on any atom is -0.383 e. The second kappa shape index (κ2) is 7.69. The SMILES string of the molecule is CCCNc1cnccc1C(=O)NC(CC)CC. The van der Waals surface area contributed by atoms with Gasteiger partial charge in [-0.3, -0.25) is 9.78 Å². The number of rotatable bonds is 7. The molecule has 100 valence electrons. The summed E-state index contributed by atoms with van der Waals surface area (Å²) in [6.07, 6.45) is 6.27. The highest BCUT2D eigenvalue weighted by Crippen LogP contribution is 2.14. The van der Waals surface area contributed by atoms with Crippen molar-refractivity contribution in [2.75, 3.05) is 11.9 Å². The summed E-state index contributed by atoms with van der Waals surface area (Å²) in [4.78, 5) is 16.2. The molecule has 2 N–H and O–H groups in total. The molecule has 0 bridgehead atoms. The lowest BCUT2D eigenvalue weighted by Gasteiger charge is -2.16.